The van der Waals surface area contributed by atoms with Crippen molar-refractivity contribution in [3.8, 4) is 0 Å². The third kappa shape index (κ3) is 5.22. The Kier molecular flexibility index (Phi) is 6.41. The van der Waals surface area contributed by atoms with Gasteiger partial charge in [-0.25, -0.2) is 4.99 Å². The Morgan fingerprint density at radius 2 is 2.08 bits per heavy atom. The van der Waals surface area contributed by atoms with Crippen LogP contribution in [0.2, 0.25) is 5.02 Å². The molecule has 1 heterocycles. The first-order valence-electron chi connectivity index (χ1n) is 7.94. The molecular formula is C17H22ClN5O2. The molecule has 0 aliphatic carbocycles. The highest BCUT2D eigenvalue weighted by Gasteiger charge is 2.10. The number of guanidine groups is 1. The number of nitro benzene ring substituents is 1. The molecule has 134 valence electrons. The van der Waals surface area contributed by atoms with Gasteiger partial charge >= 0.3 is 0 Å². The van der Waals surface area contributed by atoms with Crippen LogP contribution in [0.15, 0.2) is 41.5 Å². The van der Waals surface area contributed by atoms with Crippen LogP contribution in [0.25, 0.3) is 0 Å². The maximum absolute atomic E-state index is 10.7. The van der Waals surface area contributed by atoms with Crippen molar-refractivity contribution in [2.75, 3.05) is 13.6 Å². The Labute approximate surface area is 152 Å². The first-order chi connectivity index (χ1) is 11.9. The number of nitrogens with zero attached hydrogens (tertiary/aromatic N) is 4. The summed E-state index contributed by atoms with van der Waals surface area (Å²) in [6, 6.07) is 8.36. The van der Waals surface area contributed by atoms with Gasteiger partial charge < -0.3 is 14.8 Å². The molecule has 0 unspecified atom stereocenters. The van der Waals surface area contributed by atoms with Crippen LogP contribution in [-0.4, -0.2) is 33.9 Å². The minimum absolute atomic E-state index is 0.0809. The van der Waals surface area contributed by atoms with E-state index in [1.807, 2.05) is 42.7 Å². The Bertz CT molecular complexity index is 755. The van der Waals surface area contributed by atoms with E-state index >= 15 is 0 Å². The van der Waals surface area contributed by atoms with E-state index in [4.69, 9.17) is 11.6 Å². The predicted molar refractivity (Wildman–Crippen MR) is 99.8 cm³/mol. The van der Waals surface area contributed by atoms with E-state index in [-0.39, 0.29) is 5.69 Å². The van der Waals surface area contributed by atoms with Crippen LogP contribution in [0.5, 0.6) is 0 Å². The van der Waals surface area contributed by atoms with Crippen molar-refractivity contribution in [3.63, 3.8) is 0 Å². The molecule has 1 aromatic heterocycles. The van der Waals surface area contributed by atoms with Crippen LogP contribution in [0.3, 0.4) is 0 Å². The van der Waals surface area contributed by atoms with E-state index < -0.39 is 4.92 Å². The summed E-state index contributed by atoms with van der Waals surface area (Å²) < 4.78 is 1.98. The van der Waals surface area contributed by atoms with E-state index in [9.17, 15) is 10.1 Å². The Morgan fingerprint density at radius 1 is 1.40 bits per heavy atom. The topological polar surface area (TPSA) is 75.7 Å². The Hall–Kier alpha value is -2.54. The van der Waals surface area contributed by atoms with Crippen LogP contribution >= 0.6 is 11.6 Å². The van der Waals surface area contributed by atoms with Crippen LogP contribution in [0.1, 0.15) is 18.2 Å². The van der Waals surface area contributed by atoms with E-state index in [0.29, 0.717) is 18.1 Å². The third-order valence-corrected chi connectivity index (χ3v) is 3.94. The standard InChI is InChI=1S/C17H22ClN5O2/c1-4-19-17(22(3)12-16-9-14(18)11-21(16)2)20-10-13-5-7-15(8-6-13)23(24)25/h5-9,11H,4,10,12H2,1-3H3,(H,19,20). The molecular weight excluding hydrogens is 342 g/mol. The fraction of sp³-hybridized carbons (Fsp3) is 0.353. The van der Waals surface area contributed by atoms with E-state index in [1.54, 1.807) is 12.1 Å². The number of halogens is 1. The molecule has 2 aromatic rings. The fourth-order valence-corrected chi connectivity index (χ4v) is 2.67. The monoisotopic (exact) mass is 363 g/mol. The predicted octanol–water partition coefficient (Wildman–Crippen LogP) is 3.18. The lowest BCUT2D eigenvalue weighted by Crippen LogP contribution is -2.38. The highest BCUT2D eigenvalue weighted by atomic mass is 35.5. The summed E-state index contributed by atoms with van der Waals surface area (Å²) in [6.07, 6.45) is 1.87. The summed E-state index contributed by atoms with van der Waals surface area (Å²) >= 11 is 6.03. The number of aliphatic imine (C=N–C) groups is 1. The van der Waals surface area contributed by atoms with Gasteiger partial charge in [-0.15, -0.1) is 0 Å². The molecule has 25 heavy (non-hydrogen) atoms. The van der Waals surface area contributed by atoms with Gasteiger partial charge in [0.2, 0.25) is 0 Å². The average molecular weight is 364 g/mol. The van der Waals surface area contributed by atoms with Crippen molar-refractivity contribution in [3.05, 3.63) is 62.9 Å². The van der Waals surface area contributed by atoms with Gasteiger partial charge in [0.1, 0.15) is 0 Å². The zero-order valence-electron chi connectivity index (χ0n) is 14.6. The van der Waals surface area contributed by atoms with Gasteiger partial charge in [-0.05, 0) is 18.6 Å². The van der Waals surface area contributed by atoms with Crippen LogP contribution < -0.4 is 5.32 Å². The van der Waals surface area contributed by atoms with Gasteiger partial charge in [-0.1, -0.05) is 23.7 Å². The Balaban J connectivity index is 2.08. The molecule has 0 aliphatic rings. The summed E-state index contributed by atoms with van der Waals surface area (Å²) in [4.78, 5) is 16.9. The van der Waals surface area contributed by atoms with E-state index in [0.717, 1.165) is 23.8 Å². The second-order valence-corrected chi connectivity index (χ2v) is 6.15. The number of rotatable bonds is 6. The van der Waals surface area contributed by atoms with Crippen molar-refractivity contribution in [2.24, 2.45) is 12.0 Å². The van der Waals surface area contributed by atoms with Crippen molar-refractivity contribution >= 4 is 23.2 Å². The smallest absolute Gasteiger partial charge is 0.269 e. The van der Waals surface area contributed by atoms with E-state index in [1.165, 1.54) is 12.1 Å². The zero-order valence-corrected chi connectivity index (χ0v) is 15.3. The molecule has 0 saturated carbocycles. The van der Waals surface area contributed by atoms with Gasteiger partial charge in [-0.3, -0.25) is 10.1 Å². The first-order valence-corrected chi connectivity index (χ1v) is 8.32. The molecule has 0 saturated heterocycles. The maximum atomic E-state index is 10.7. The fourth-order valence-electron chi connectivity index (χ4n) is 2.40. The van der Waals surface area contributed by atoms with Gasteiger partial charge in [0, 0.05) is 44.7 Å². The summed E-state index contributed by atoms with van der Waals surface area (Å²) in [7, 11) is 3.91. The Morgan fingerprint density at radius 3 is 2.60 bits per heavy atom. The summed E-state index contributed by atoms with van der Waals surface area (Å²) in [5.41, 5.74) is 2.07. The van der Waals surface area contributed by atoms with Crippen molar-refractivity contribution < 1.29 is 4.92 Å². The molecule has 0 bridgehead atoms. The number of benzene rings is 1. The number of non-ortho nitro benzene ring substituents is 1. The van der Waals surface area contributed by atoms with Crippen molar-refractivity contribution in [2.45, 2.75) is 20.0 Å². The van der Waals surface area contributed by atoms with Gasteiger partial charge in [0.05, 0.1) is 23.0 Å². The van der Waals surface area contributed by atoms with Crippen LogP contribution in [0, 0.1) is 10.1 Å². The summed E-state index contributed by atoms with van der Waals surface area (Å²) in [5.74, 6) is 0.762. The highest BCUT2D eigenvalue weighted by molar-refractivity contribution is 6.30. The van der Waals surface area contributed by atoms with Gasteiger partial charge in [0.15, 0.2) is 5.96 Å². The van der Waals surface area contributed by atoms with Crippen LogP contribution in [0.4, 0.5) is 5.69 Å². The van der Waals surface area contributed by atoms with Crippen LogP contribution in [-0.2, 0) is 20.1 Å². The lowest BCUT2D eigenvalue weighted by molar-refractivity contribution is -0.384. The number of aryl methyl sites for hydroxylation is 1. The number of hydrogen-bond donors (Lipinski definition) is 1. The molecule has 0 amide bonds. The highest BCUT2D eigenvalue weighted by Crippen LogP contribution is 2.15. The van der Waals surface area contributed by atoms with E-state index in [2.05, 4.69) is 10.3 Å². The quantitative estimate of drug-likeness (QED) is 0.370. The SMILES string of the molecule is CCNC(=NCc1ccc([N+](=O)[O-])cc1)N(C)Cc1cc(Cl)cn1C. The molecule has 0 fully saturated rings. The minimum atomic E-state index is -0.407. The average Bonchev–Trinajstić information content (AvgIpc) is 2.89. The summed E-state index contributed by atoms with van der Waals surface area (Å²) in [6.45, 7) is 3.86. The van der Waals surface area contributed by atoms with Gasteiger partial charge in [0.25, 0.3) is 5.69 Å². The van der Waals surface area contributed by atoms with Gasteiger partial charge in [-0.2, -0.15) is 0 Å². The molecule has 8 heteroatoms. The molecule has 0 spiro atoms. The number of hydrogen-bond acceptors (Lipinski definition) is 3. The molecule has 1 N–H and O–H groups in total. The molecule has 7 nitrogen and oxygen atoms in total. The van der Waals surface area contributed by atoms with Crippen molar-refractivity contribution in [1.29, 1.82) is 0 Å². The molecule has 0 radical (unpaired) electrons. The summed E-state index contributed by atoms with van der Waals surface area (Å²) in [5, 5.41) is 14.7. The second kappa shape index (κ2) is 8.53. The minimum Gasteiger partial charge on any atom is -0.357 e. The molecule has 0 aliphatic heterocycles. The maximum Gasteiger partial charge on any atom is 0.269 e. The number of nitrogens with one attached hydrogen (secondary N) is 1. The largest absolute Gasteiger partial charge is 0.357 e. The first kappa shape index (κ1) is 18.8. The number of aromatic nitrogens is 1. The normalized spacial score (nSPS) is 11.4. The lowest BCUT2D eigenvalue weighted by Gasteiger charge is -2.22. The third-order valence-electron chi connectivity index (χ3n) is 3.73. The van der Waals surface area contributed by atoms with Crippen molar-refractivity contribution in [1.82, 2.24) is 14.8 Å². The lowest BCUT2D eigenvalue weighted by atomic mass is 10.2. The number of nitro groups is 1. The molecule has 2 rings (SSSR count). The molecule has 0 atom stereocenters. The zero-order chi connectivity index (χ0) is 18.4. The molecule has 1 aromatic carbocycles. The second-order valence-electron chi connectivity index (χ2n) is 5.71.